The molecule has 2 aromatic rings. The molecule has 4 atom stereocenters. The number of piperidine rings is 1. The lowest BCUT2D eigenvalue weighted by atomic mass is 9.87. The average Bonchev–Trinajstić information content (AvgIpc) is 2.94. The van der Waals surface area contributed by atoms with Crippen LogP contribution in [0.25, 0.3) is 10.9 Å². The number of fused-ring (bicyclic) bond motifs is 5. The topological polar surface area (TPSA) is 51.1 Å². The lowest BCUT2D eigenvalue weighted by molar-refractivity contribution is 0.139. The molecule has 1 saturated heterocycles. The SMILES string of the molecule is CCSc1nc2c3c(nc(Cl)c(F)c3n1)O[C@@H](C)[C@@H]1[C@@H]3CC[C@@H](C3)CN21. The van der Waals surface area contributed by atoms with Gasteiger partial charge in [-0.25, -0.2) is 14.4 Å². The van der Waals surface area contributed by atoms with Gasteiger partial charge in [0.1, 0.15) is 22.8 Å². The molecule has 0 radical (unpaired) electrons. The molecule has 0 amide bonds. The van der Waals surface area contributed by atoms with Crippen LogP contribution in [0.5, 0.6) is 5.88 Å². The summed E-state index contributed by atoms with van der Waals surface area (Å²) in [5.41, 5.74) is 0.215. The first-order valence-corrected chi connectivity index (χ1v) is 10.6. The van der Waals surface area contributed by atoms with E-state index in [0.29, 0.717) is 28.3 Å². The molecule has 1 saturated carbocycles. The van der Waals surface area contributed by atoms with E-state index < -0.39 is 5.82 Å². The Bertz CT molecular complexity index is 897. The molecule has 2 fully saturated rings. The second-order valence-electron chi connectivity index (χ2n) is 7.41. The van der Waals surface area contributed by atoms with E-state index >= 15 is 0 Å². The number of nitrogens with zero attached hydrogens (tertiary/aromatic N) is 4. The lowest BCUT2D eigenvalue weighted by Crippen LogP contribution is -2.52. The molecule has 3 aliphatic rings. The van der Waals surface area contributed by atoms with Gasteiger partial charge in [0.2, 0.25) is 5.88 Å². The van der Waals surface area contributed by atoms with Crippen molar-refractivity contribution >= 4 is 40.1 Å². The molecule has 1 aliphatic carbocycles. The van der Waals surface area contributed by atoms with Gasteiger partial charge in [0.25, 0.3) is 0 Å². The minimum atomic E-state index is -0.596. The van der Waals surface area contributed by atoms with Gasteiger partial charge in [-0.05, 0) is 43.8 Å². The highest BCUT2D eigenvalue weighted by Crippen LogP contribution is 2.48. The summed E-state index contributed by atoms with van der Waals surface area (Å²) in [4.78, 5) is 15.8. The predicted octanol–water partition coefficient (Wildman–Crippen LogP) is 4.32. The molecule has 4 heterocycles. The van der Waals surface area contributed by atoms with Gasteiger partial charge >= 0.3 is 0 Å². The van der Waals surface area contributed by atoms with Gasteiger partial charge in [0, 0.05) is 6.54 Å². The zero-order valence-electron chi connectivity index (χ0n) is 14.7. The fourth-order valence-corrected chi connectivity index (χ4v) is 5.65. The van der Waals surface area contributed by atoms with Gasteiger partial charge < -0.3 is 9.64 Å². The van der Waals surface area contributed by atoms with Crippen molar-refractivity contribution in [2.24, 2.45) is 11.8 Å². The minimum Gasteiger partial charge on any atom is -0.472 e. The summed E-state index contributed by atoms with van der Waals surface area (Å²) in [5.74, 6) is 2.58. The van der Waals surface area contributed by atoms with E-state index in [1.165, 1.54) is 31.0 Å². The van der Waals surface area contributed by atoms with Crippen LogP contribution in [0, 0.1) is 17.7 Å². The largest absolute Gasteiger partial charge is 0.472 e. The van der Waals surface area contributed by atoms with E-state index in [2.05, 4.69) is 21.8 Å². The van der Waals surface area contributed by atoms with Crippen molar-refractivity contribution in [3.05, 3.63) is 11.0 Å². The highest BCUT2D eigenvalue weighted by atomic mass is 35.5. The standard InChI is InChI=1S/C18H20ClFN4OS/c1-3-26-18-21-13-11-16(23-18)24-7-9-4-5-10(6-9)14(24)8(2)25-17(11)22-15(19)12(13)20/h8-10,14H,3-7H2,1-2H3/t8-,9-,10+,14+/m0/s1. The number of pyridine rings is 1. The summed E-state index contributed by atoms with van der Waals surface area (Å²) in [5, 5.41) is 0.939. The summed E-state index contributed by atoms with van der Waals surface area (Å²) in [7, 11) is 0. The fraction of sp³-hybridized carbons (Fsp3) is 0.611. The Morgan fingerprint density at radius 1 is 1.31 bits per heavy atom. The molecular formula is C18H20ClFN4OS. The highest BCUT2D eigenvalue weighted by molar-refractivity contribution is 7.99. The Morgan fingerprint density at radius 3 is 2.96 bits per heavy atom. The fourth-order valence-electron chi connectivity index (χ4n) is 4.92. The van der Waals surface area contributed by atoms with Crippen LogP contribution in [0.2, 0.25) is 5.15 Å². The van der Waals surface area contributed by atoms with E-state index in [1.807, 2.05) is 6.92 Å². The molecule has 0 aromatic carbocycles. The third-order valence-corrected chi connectivity index (χ3v) is 6.86. The van der Waals surface area contributed by atoms with Gasteiger partial charge in [0.05, 0.1) is 6.04 Å². The van der Waals surface area contributed by atoms with Gasteiger partial charge in [-0.3, -0.25) is 0 Å². The van der Waals surface area contributed by atoms with Crippen molar-refractivity contribution in [2.45, 2.75) is 50.4 Å². The third-order valence-electron chi connectivity index (χ3n) is 5.88. The molecule has 0 N–H and O–H groups in total. The van der Waals surface area contributed by atoms with Crippen LogP contribution in [0.4, 0.5) is 10.2 Å². The zero-order chi connectivity index (χ0) is 18.0. The first-order chi connectivity index (χ1) is 12.6. The van der Waals surface area contributed by atoms with Crippen LogP contribution in [-0.4, -0.2) is 39.4 Å². The number of hydrogen-bond acceptors (Lipinski definition) is 6. The zero-order valence-corrected chi connectivity index (χ0v) is 16.3. The molecule has 2 bridgehead atoms. The Morgan fingerprint density at radius 2 is 2.15 bits per heavy atom. The maximum atomic E-state index is 14.8. The number of halogens is 2. The molecule has 2 aliphatic heterocycles. The Labute approximate surface area is 160 Å². The molecule has 8 heteroatoms. The van der Waals surface area contributed by atoms with E-state index in [0.717, 1.165) is 18.1 Å². The van der Waals surface area contributed by atoms with Crippen molar-refractivity contribution in [1.82, 2.24) is 15.0 Å². The summed E-state index contributed by atoms with van der Waals surface area (Å²) >= 11 is 7.56. The average molecular weight is 395 g/mol. The molecule has 26 heavy (non-hydrogen) atoms. The first kappa shape index (κ1) is 16.8. The minimum absolute atomic E-state index is 0.0623. The number of hydrogen-bond donors (Lipinski definition) is 0. The molecule has 2 aromatic heterocycles. The van der Waals surface area contributed by atoms with Crippen LogP contribution < -0.4 is 9.64 Å². The van der Waals surface area contributed by atoms with Crippen LogP contribution in [-0.2, 0) is 0 Å². The summed E-state index contributed by atoms with van der Waals surface area (Å²) in [6, 6.07) is 0.224. The smallest absolute Gasteiger partial charge is 0.228 e. The number of thioether (sulfide) groups is 1. The second-order valence-corrected chi connectivity index (χ2v) is 9.00. The van der Waals surface area contributed by atoms with Crippen molar-refractivity contribution in [2.75, 3.05) is 17.2 Å². The van der Waals surface area contributed by atoms with E-state index in [-0.39, 0.29) is 22.8 Å². The van der Waals surface area contributed by atoms with E-state index in [1.54, 1.807) is 0 Å². The number of aromatic nitrogens is 3. The third kappa shape index (κ3) is 2.39. The van der Waals surface area contributed by atoms with E-state index in [4.69, 9.17) is 21.3 Å². The van der Waals surface area contributed by atoms with Gasteiger partial charge in [-0.2, -0.15) is 4.98 Å². The molecule has 5 nitrogen and oxygen atoms in total. The Balaban J connectivity index is 1.79. The second kappa shape index (κ2) is 6.09. The maximum absolute atomic E-state index is 14.8. The Kier molecular flexibility index (Phi) is 3.94. The van der Waals surface area contributed by atoms with Crippen molar-refractivity contribution in [3.8, 4) is 5.88 Å². The monoisotopic (exact) mass is 394 g/mol. The summed E-state index contributed by atoms with van der Waals surface area (Å²) in [6.45, 7) is 5.04. The highest BCUT2D eigenvalue weighted by Gasteiger charge is 2.47. The van der Waals surface area contributed by atoms with Crippen LogP contribution in [0.1, 0.15) is 33.1 Å². The van der Waals surface area contributed by atoms with Crippen molar-refractivity contribution in [3.63, 3.8) is 0 Å². The molecule has 0 spiro atoms. The molecule has 0 unspecified atom stereocenters. The quantitative estimate of drug-likeness (QED) is 0.429. The van der Waals surface area contributed by atoms with Crippen LogP contribution >= 0.6 is 23.4 Å². The molecular weight excluding hydrogens is 375 g/mol. The first-order valence-electron chi connectivity index (χ1n) is 9.19. The number of rotatable bonds is 2. The van der Waals surface area contributed by atoms with Crippen molar-refractivity contribution < 1.29 is 9.13 Å². The molecule has 138 valence electrons. The number of anilines is 1. The normalized spacial score (nSPS) is 29.5. The molecule has 5 rings (SSSR count). The summed E-state index contributed by atoms with van der Waals surface area (Å²) < 4.78 is 21.0. The maximum Gasteiger partial charge on any atom is 0.228 e. The van der Waals surface area contributed by atoms with Gasteiger partial charge in [-0.15, -0.1) is 0 Å². The Hall–Kier alpha value is -1.34. The predicted molar refractivity (Wildman–Crippen MR) is 101 cm³/mol. The van der Waals surface area contributed by atoms with Gasteiger partial charge in [-0.1, -0.05) is 30.3 Å². The summed E-state index contributed by atoms with van der Waals surface area (Å²) in [6.07, 6.45) is 3.63. The van der Waals surface area contributed by atoms with Gasteiger partial charge in [0.15, 0.2) is 16.1 Å². The van der Waals surface area contributed by atoms with Crippen molar-refractivity contribution in [1.29, 1.82) is 0 Å². The lowest BCUT2D eigenvalue weighted by Gasteiger charge is -2.42. The number of ether oxygens (including phenoxy) is 1. The van der Waals surface area contributed by atoms with Crippen LogP contribution in [0.15, 0.2) is 5.16 Å². The van der Waals surface area contributed by atoms with E-state index in [9.17, 15) is 4.39 Å². The van der Waals surface area contributed by atoms with Crippen LogP contribution in [0.3, 0.4) is 0 Å².